The van der Waals surface area contributed by atoms with Crippen LogP contribution in [0.1, 0.15) is 50.8 Å². The van der Waals surface area contributed by atoms with Gasteiger partial charge in [0.25, 0.3) is 10.0 Å². The number of anilines is 1. The summed E-state index contributed by atoms with van der Waals surface area (Å²) >= 11 is 6.39. The van der Waals surface area contributed by atoms with Crippen LogP contribution in [0.4, 0.5) is 5.69 Å². The van der Waals surface area contributed by atoms with Crippen molar-refractivity contribution in [2.24, 2.45) is 0 Å². The zero-order valence-corrected chi connectivity index (χ0v) is 25.5. The number of amides is 2. The zero-order chi connectivity index (χ0) is 29.7. The molecular weight excluding hydrogens is 546 g/mol. The minimum atomic E-state index is -4.16. The van der Waals surface area contributed by atoms with E-state index in [2.05, 4.69) is 5.32 Å². The molecule has 40 heavy (non-hydrogen) atoms. The van der Waals surface area contributed by atoms with E-state index in [-0.39, 0.29) is 23.0 Å². The number of carbonyl (C=O) groups is 2. The molecule has 2 amide bonds. The molecule has 214 valence electrons. The van der Waals surface area contributed by atoms with Crippen LogP contribution in [0.5, 0.6) is 0 Å². The second-order valence-electron chi connectivity index (χ2n) is 10.9. The monoisotopic (exact) mass is 583 g/mol. The SMILES string of the molecule is CC[C@H](C(=O)NC(C)(C)C)N(Cc1ccccc1)C(=O)CN(c1ccc(C)c(Cl)c1)S(=O)(=O)c1ccc(C)cc1. The summed E-state index contributed by atoms with van der Waals surface area (Å²) in [6, 6.07) is 19.9. The molecule has 0 bridgehead atoms. The van der Waals surface area contributed by atoms with E-state index < -0.39 is 34.1 Å². The predicted molar refractivity (Wildman–Crippen MR) is 161 cm³/mol. The van der Waals surface area contributed by atoms with Gasteiger partial charge in [-0.05, 0) is 76.4 Å². The number of hydrogen-bond donors (Lipinski definition) is 1. The average Bonchev–Trinajstić information content (AvgIpc) is 2.88. The van der Waals surface area contributed by atoms with Gasteiger partial charge in [-0.2, -0.15) is 0 Å². The van der Waals surface area contributed by atoms with Crippen molar-refractivity contribution in [1.82, 2.24) is 10.2 Å². The van der Waals surface area contributed by atoms with Crippen molar-refractivity contribution >= 4 is 39.1 Å². The standard InChI is InChI=1S/C31H38ClN3O4S/c1-7-28(30(37)33-31(4,5)6)34(20-24-11-9-8-10-12-24)29(36)21-35(25-16-15-23(3)27(32)19-25)40(38,39)26-17-13-22(2)14-18-26/h8-19,28H,7,20-21H2,1-6H3,(H,33,37)/t28-/m1/s1. The fourth-order valence-corrected chi connectivity index (χ4v) is 5.84. The maximum Gasteiger partial charge on any atom is 0.264 e. The maximum atomic E-state index is 14.1. The first-order chi connectivity index (χ1) is 18.7. The summed E-state index contributed by atoms with van der Waals surface area (Å²) in [6.45, 7) is 10.8. The fourth-order valence-electron chi connectivity index (χ4n) is 4.26. The first kappa shape index (κ1) is 31.2. The Labute approximate surface area is 243 Å². The van der Waals surface area contributed by atoms with Crippen molar-refractivity contribution in [2.45, 2.75) is 71.0 Å². The van der Waals surface area contributed by atoms with E-state index >= 15 is 0 Å². The predicted octanol–water partition coefficient (Wildman–Crippen LogP) is 5.87. The lowest BCUT2D eigenvalue weighted by Gasteiger charge is -2.34. The van der Waals surface area contributed by atoms with Crippen LogP contribution < -0.4 is 9.62 Å². The molecule has 0 aliphatic carbocycles. The second kappa shape index (κ2) is 12.9. The summed E-state index contributed by atoms with van der Waals surface area (Å²) in [7, 11) is -4.16. The van der Waals surface area contributed by atoms with Gasteiger partial charge in [0.1, 0.15) is 12.6 Å². The number of rotatable bonds is 10. The largest absolute Gasteiger partial charge is 0.350 e. The highest BCUT2D eigenvalue weighted by Gasteiger charge is 2.34. The molecule has 0 saturated carbocycles. The quantitative estimate of drug-likeness (QED) is 0.323. The smallest absolute Gasteiger partial charge is 0.264 e. The summed E-state index contributed by atoms with van der Waals surface area (Å²) in [6.07, 6.45) is 0.349. The summed E-state index contributed by atoms with van der Waals surface area (Å²) in [5, 5.41) is 3.35. The van der Waals surface area contributed by atoms with Crippen molar-refractivity contribution in [2.75, 3.05) is 10.8 Å². The van der Waals surface area contributed by atoms with E-state index in [1.54, 1.807) is 30.3 Å². The number of nitrogens with zero attached hydrogens (tertiary/aromatic N) is 2. The lowest BCUT2D eigenvalue weighted by Crippen LogP contribution is -2.55. The van der Waals surface area contributed by atoms with Crippen LogP contribution in [0.2, 0.25) is 5.02 Å². The highest BCUT2D eigenvalue weighted by molar-refractivity contribution is 7.92. The summed E-state index contributed by atoms with van der Waals surface area (Å²) in [5.41, 5.74) is 2.26. The van der Waals surface area contributed by atoms with Crippen molar-refractivity contribution in [1.29, 1.82) is 0 Å². The maximum absolute atomic E-state index is 14.1. The highest BCUT2D eigenvalue weighted by Crippen LogP contribution is 2.29. The summed E-state index contributed by atoms with van der Waals surface area (Å²) in [5.74, 6) is -0.808. The van der Waals surface area contributed by atoms with Gasteiger partial charge in [0.15, 0.2) is 0 Å². The molecule has 0 spiro atoms. The van der Waals surface area contributed by atoms with Gasteiger partial charge in [-0.3, -0.25) is 13.9 Å². The van der Waals surface area contributed by atoms with Crippen molar-refractivity contribution in [3.63, 3.8) is 0 Å². The highest BCUT2D eigenvalue weighted by atomic mass is 35.5. The number of sulfonamides is 1. The molecule has 0 aromatic heterocycles. The van der Waals surface area contributed by atoms with Gasteiger partial charge in [-0.1, -0.05) is 72.6 Å². The van der Waals surface area contributed by atoms with Gasteiger partial charge < -0.3 is 10.2 Å². The number of nitrogens with one attached hydrogen (secondary N) is 1. The Hall–Kier alpha value is -3.36. The van der Waals surface area contributed by atoms with Gasteiger partial charge in [0, 0.05) is 17.1 Å². The fraction of sp³-hybridized carbons (Fsp3) is 0.355. The van der Waals surface area contributed by atoms with E-state index in [1.165, 1.54) is 17.0 Å². The van der Waals surface area contributed by atoms with Crippen LogP contribution >= 0.6 is 11.6 Å². The van der Waals surface area contributed by atoms with Gasteiger partial charge >= 0.3 is 0 Å². The molecular formula is C31H38ClN3O4S. The van der Waals surface area contributed by atoms with Crippen molar-refractivity contribution in [3.05, 3.63) is 94.5 Å². The number of halogens is 1. The van der Waals surface area contributed by atoms with Crippen molar-refractivity contribution < 1.29 is 18.0 Å². The van der Waals surface area contributed by atoms with E-state index in [1.807, 2.05) is 71.9 Å². The second-order valence-corrected chi connectivity index (χ2v) is 13.2. The Balaban J connectivity index is 2.08. The molecule has 0 heterocycles. The lowest BCUT2D eigenvalue weighted by atomic mass is 10.1. The van der Waals surface area contributed by atoms with Gasteiger partial charge in [0.2, 0.25) is 11.8 Å². The Morgan fingerprint density at radius 3 is 2.12 bits per heavy atom. The average molecular weight is 584 g/mol. The molecule has 0 fully saturated rings. The molecule has 0 saturated heterocycles. The number of hydrogen-bond acceptors (Lipinski definition) is 4. The molecule has 0 radical (unpaired) electrons. The topological polar surface area (TPSA) is 86.8 Å². The molecule has 3 aromatic carbocycles. The Kier molecular flexibility index (Phi) is 10.0. The van der Waals surface area contributed by atoms with Crippen molar-refractivity contribution in [3.8, 4) is 0 Å². The van der Waals surface area contributed by atoms with E-state index in [9.17, 15) is 18.0 Å². The summed E-state index contributed by atoms with van der Waals surface area (Å²) < 4.78 is 29.0. The molecule has 0 aliphatic heterocycles. The van der Waals surface area contributed by atoms with Gasteiger partial charge in [-0.15, -0.1) is 0 Å². The molecule has 3 rings (SSSR count). The van der Waals surface area contributed by atoms with E-state index in [0.717, 1.165) is 21.0 Å². The summed E-state index contributed by atoms with van der Waals surface area (Å²) in [4.78, 5) is 29.0. The Morgan fingerprint density at radius 2 is 1.57 bits per heavy atom. The van der Waals surface area contributed by atoms with Crippen LogP contribution in [0, 0.1) is 13.8 Å². The number of benzene rings is 3. The van der Waals surface area contributed by atoms with Crippen LogP contribution in [0.3, 0.4) is 0 Å². The molecule has 0 aliphatic rings. The molecule has 9 heteroatoms. The van der Waals surface area contributed by atoms with Crippen LogP contribution in [0.15, 0.2) is 77.7 Å². The molecule has 3 aromatic rings. The first-order valence-electron chi connectivity index (χ1n) is 13.2. The lowest BCUT2D eigenvalue weighted by molar-refractivity contribution is -0.141. The molecule has 1 N–H and O–H groups in total. The minimum Gasteiger partial charge on any atom is -0.350 e. The molecule has 0 unspecified atom stereocenters. The normalized spacial score (nSPS) is 12.5. The molecule has 1 atom stereocenters. The number of aryl methyl sites for hydroxylation is 2. The van der Waals surface area contributed by atoms with Crippen LogP contribution in [-0.4, -0.2) is 43.3 Å². The molecule has 7 nitrogen and oxygen atoms in total. The minimum absolute atomic E-state index is 0.0507. The first-order valence-corrected chi connectivity index (χ1v) is 15.1. The van der Waals surface area contributed by atoms with Gasteiger partial charge in [-0.25, -0.2) is 8.42 Å². The van der Waals surface area contributed by atoms with E-state index in [4.69, 9.17) is 11.6 Å². The third-order valence-electron chi connectivity index (χ3n) is 6.41. The Bertz CT molecular complexity index is 1440. The van der Waals surface area contributed by atoms with E-state index in [0.29, 0.717) is 11.4 Å². The number of carbonyl (C=O) groups excluding carboxylic acids is 2. The van der Waals surface area contributed by atoms with Gasteiger partial charge in [0.05, 0.1) is 10.6 Å². The third-order valence-corrected chi connectivity index (χ3v) is 8.61. The Morgan fingerprint density at radius 1 is 0.950 bits per heavy atom. The third kappa shape index (κ3) is 7.86. The van der Waals surface area contributed by atoms with Crippen LogP contribution in [-0.2, 0) is 26.2 Å². The van der Waals surface area contributed by atoms with Crippen LogP contribution in [0.25, 0.3) is 0 Å². The zero-order valence-electron chi connectivity index (χ0n) is 23.9.